The number of aryl methyl sites for hydroxylation is 1. The predicted molar refractivity (Wildman–Crippen MR) is 67.5 cm³/mol. The first-order valence-electron chi connectivity index (χ1n) is 5.67. The summed E-state index contributed by atoms with van der Waals surface area (Å²) < 4.78 is 13.4. The van der Waals surface area contributed by atoms with Crippen LogP contribution in [0, 0.1) is 12.7 Å². The highest BCUT2D eigenvalue weighted by Crippen LogP contribution is 2.15. The fourth-order valence-corrected chi connectivity index (χ4v) is 1.36. The molecule has 0 radical (unpaired) electrons. The number of carbonyl (C=O) groups is 1. The fraction of sp³-hybridized carbons (Fsp3) is 0.462. The molecule has 1 aromatic carbocycles. The van der Waals surface area contributed by atoms with E-state index in [0.717, 1.165) is 5.56 Å². The molecule has 0 bridgehead atoms. The topological polar surface area (TPSA) is 32.3 Å². The zero-order chi connectivity index (χ0) is 13.0. The Bertz CT molecular complexity index is 404. The van der Waals surface area contributed by atoms with E-state index < -0.39 is 0 Å². The number of rotatable bonds is 4. The SMILES string of the molecule is Cc1ccc(F)c(NCC(=O)N(C)C(C)C)c1. The van der Waals surface area contributed by atoms with Crippen molar-refractivity contribution >= 4 is 11.6 Å². The van der Waals surface area contributed by atoms with Gasteiger partial charge in [0.05, 0.1) is 12.2 Å². The number of likely N-dealkylation sites (N-methyl/N-ethyl adjacent to an activating group) is 1. The molecule has 0 atom stereocenters. The van der Waals surface area contributed by atoms with E-state index in [0.29, 0.717) is 5.69 Å². The van der Waals surface area contributed by atoms with Gasteiger partial charge < -0.3 is 10.2 Å². The van der Waals surface area contributed by atoms with Gasteiger partial charge in [0.1, 0.15) is 5.82 Å². The molecule has 1 rings (SSSR count). The van der Waals surface area contributed by atoms with Crippen molar-refractivity contribution in [1.29, 1.82) is 0 Å². The number of carbonyl (C=O) groups excluding carboxylic acids is 1. The Morgan fingerprint density at radius 2 is 2.12 bits per heavy atom. The summed E-state index contributed by atoms with van der Waals surface area (Å²) in [6, 6.07) is 4.93. The molecule has 0 unspecified atom stereocenters. The van der Waals surface area contributed by atoms with Gasteiger partial charge in [0.2, 0.25) is 5.91 Å². The van der Waals surface area contributed by atoms with Gasteiger partial charge in [0.25, 0.3) is 0 Å². The maximum atomic E-state index is 13.4. The highest BCUT2D eigenvalue weighted by atomic mass is 19.1. The van der Waals surface area contributed by atoms with Gasteiger partial charge in [-0.15, -0.1) is 0 Å². The second-order valence-electron chi connectivity index (χ2n) is 4.44. The Kier molecular flexibility index (Phi) is 4.49. The molecular formula is C13H19FN2O. The molecule has 0 saturated carbocycles. The predicted octanol–water partition coefficient (Wildman–Crippen LogP) is 2.41. The summed E-state index contributed by atoms with van der Waals surface area (Å²) in [5.74, 6) is -0.392. The molecule has 0 fully saturated rings. The van der Waals surface area contributed by atoms with Crippen molar-refractivity contribution in [2.75, 3.05) is 18.9 Å². The molecule has 4 heteroatoms. The lowest BCUT2D eigenvalue weighted by Crippen LogP contribution is -2.37. The van der Waals surface area contributed by atoms with Crippen molar-refractivity contribution < 1.29 is 9.18 Å². The summed E-state index contributed by atoms with van der Waals surface area (Å²) in [6.07, 6.45) is 0. The van der Waals surface area contributed by atoms with Gasteiger partial charge in [-0.1, -0.05) is 6.07 Å². The summed E-state index contributed by atoms with van der Waals surface area (Å²) in [5, 5.41) is 2.82. The number of nitrogens with zero attached hydrogens (tertiary/aromatic N) is 1. The third-order valence-electron chi connectivity index (χ3n) is 2.72. The first kappa shape index (κ1) is 13.5. The van der Waals surface area contributed by atoms with E-state index in [4.69, 9.17) is 0 Å². The molecule has 17 heavy (non-hydrogen) atoms. The number of hydrogen-bond acceptors (Lipinski definition) is 2. The molecule has 0 spiro atoms. The van der Waals surface area contributed by atoms with Gasteiger partial charge in [-0.3, -0.25) is 4.79 Å². The summed E-state index contributed by atoms with van der Waals surface area (Å²) in [6.45, 7) is 5.86. The lowest BCUT2D eigenvalue weighted by Gasteiger charge is -2.21. The largest absolute Gasteiger partial charge is 0.374 e. The molecule has 1 N–H and O–H groups in total. The molecule has 0 aliphatic rings. The van der Waals surface area contributed by atoms with Crippen molar-refractivity contribution in [3.8, 4) is 0 Å². The van der Waals surface area contributed by atoms with Crippen LogP contribution in [-0.2, 0) is 4.79 Å². The van der Waals surface area contributed by atoms with E-state index >= 15 is 0 Å². The first-order chi connectivity index (χ1) is 7.91. The molecule has 3 nitrogen and oxygen atoms in total. The average Bonchev–Trinajstić information content (AvgIpc) is 2.28. The van der Waals surface area contributed by atoms with Gasteiger partial charge >= 0.3 is 0 Å². The Morgan fingerprint density at radius 1 is 1.47 bits per heavy atom. The lowest BCUT2D eigenvalue weighted by atomic mass is 10.2. The Hall–Kier alpha value is -1.58. The minimum atomic E-state index is -0.337. The van der Waals surface area contributed by atoms with Crippen molar-refractivity contribution in [3.63, 3.8) is 0 Å². The summed E-state index contributed by atoms with van der Waals surface area (Å²) in [7, 11) is 1.74. The van der Waals surface area contributed by atoms with Crippen molar-refractivity contribution in [2.45, 2.75) is 26.8 Å². The summed E-state index contributed by atoms with van der Waals surface area (Å²) in [5.41, 5.74) is 1.33. The Labute approximate surface area is 102 Å². The summed E-state index contributed by atoms with van der Waals surface area (Å²) >= 11 is 0. The van der Waals surface area contributed by atoms with Crippen LogP contribution in [-0.4, -0.2) is 30.4 Å². The van der Waals surface area contributed by atoms with Crippen LogP contribution in [0.3, 0.4) is 0 Å². The van der Waals surface area contributed by atoms with Crippen LogP contribution >= 0.6 is 0 Å². The lowest BCUT2D eigenvalue weighted by molar-refractivity contribution is -0.129. The van der Waals surface area contributed by atoms with E-state index in [1.54, 1.807) is 24.1 Å². The number of halogens is 1. The third kappa shape index (κ3) is 3.73. The third-order valence-corrected chi connectivity index (χ3v) is 2.72. The molecule has 0 aromatic heterocycles. The van der Waals surface area contributed by atoms with E-state index in [-0.39, 0.29) is 24.3 Å². The van der Waals surface area contributed by atoms with Crippen LogP contribution in [0.2, 0.25) is 0 Å². The van der Waals surface area contributed by atoms with Crippen molar-refractivity contribution in [2.24, 2.45) is 0 Å². The van der Waals surface area contributed by atoms with Crippen molar-refractivity contribution in [1.82, 2.24) is 4.90 Å². The fourth-order valence-electron chi connectivity index (χ4n) is 1.36. The summed E-state index contributed by atoms with van der Waals surface area (Å²) in [4.78, 5) is 13.3. The standard InChI is InChI=1S/C13H19FN2O/c1-9(2)16(4)13(17)8-15-12-7-10(3)5-6-11(12)14/h5-7,9,15H,8H2,1-4H3. The zero-order valence-corrected chi connectivity index (χ0v) is 10.7. The molecule has 1 aromatic rings. The number of nitrogens with one attached hydrogen (secondary N) is 1. The Morgan fingerprint density at radius 3 is 2.71 bits per heavy atom. The van der Waals surface area contributed by atoms with Crippen LogP contribution in [0.15, 0.2) is 18.2 Å². The van der Waals surface area contributed by atoms with E-state index in [1.165, 1.54) is 6.07 Å². The second kappa shape index (κ2) is 5.66. The van der Waals surface area contributed by atoms with Gasteiger partial charge in [0.15, 0.2) is 0 Å². The normalized spacial score (nSPS) is 10.5. The number of amides is 1. The molecule has 0 aliphatic carbocycles. The maximum absolute atomic E-state index is 13.4. The van der Waals surface area contributed by atoms with Crippen LogP contribution in [0.25, 0.3) is 0 Å². The zero-order valence-electron chi connectivity index (χ0n) is 10.7. The smallest absolute Gasteiger partial charge is 0.241 e. The van der Waals surface area contributed by atoms with Gasteiger partial charge in [0, 0.05) is 13.1 Å². The van der Waals surface area contributed by atoms with E-state index in [1.807, 2.05) is 20.8 Å². The number of benzene rings is 1. The van der Waals surface area contributed by atoms with Crippen LogP contribution < -0.4 is 5.32 Å². The molecule has 0 heterocycles. The highest BCUT2D eigenvalue weighted by molar-refractivity contribution is 5.80. The van der Waals surface area contributed by atoms with Crippen LogP contribution in [0.1, 0.15) is 19.4 Å². The van der Waals surface area contributed by atoms with Crippen LogP contribution in [0.5, 0.6) is 0 Å². The second-order valence-corrected chi connectivity index (χ2v) is 4.44. The van der Waals surface area contributed by atoms with Crippen molar-refractivity contribution in [3.05, 3.63) is 29.6 Å². The average molecular weight is 238 g/mol. The molecule has 0 aliphatic heterocycles. The van der Waals surface area contributed by atoms with Gasteiger partial charge in [-0.25, -0.2) is 4.39 Å². The minimum absolute atomic E-state index is 0.0547. The van der Waals surface area contributed by atoms with Gasteiger partial charge in [-0.2, -0.15) is 0 Å². The molecule has 94 valence electrons. The molecule has 1 amide bonds. The van der Waals surface area contributed by atoms with E-state index in [9.17, 15) is 9.18 Å². The van der Waals surface area contributed by atoms with E-state index in [2.05, 4.69) is 5.32 Å². The van der Waals surface area contributed by atoms with Crippen LogP contribution in [0.4, 0.5) is 10.1 Å². The minimum Gasteiger partial charge on any atom is -0.374 e. The van der Waals surface area contributed by atoms with Gasteiger partial charge in [-0.05, 0) is 38.5 Å². The Balaban J connectivity index is 2.61. The highest BCUT2D eigenvalue weighted by Gasteiger charge is 2.12. The molecular weight excluding hydrogens is 219 g/mol. The molecule has 0 saturated heterocycles. The number of hydrogen-bond donors (Lipinski definition) is 1. The maximum Gasteiger partial charge on any atom is 0.241 e. The quantitative estimate of drug-likeness (QED) is 0.873. The number of anilines is 1. The monoisotopic (exact) mass is 238 g/mol. The first-order valence-corrected chi connectivity index (χ1v) is 5.67.